The van der Waals surface area contributed by atoms with E-state index in [4.69, 9.17) is 9.47 Å². The van der Waals surface area contributed by atoms with Crippen molar-refractivity contribution in [2.24, 2.45) is 0 Å². The summed E-state index contributed by atoms with van der Waals surface area (Å²) < 4.78 is 11.3. The molecule has 1 aliphatic carbocycles. The molecule has 1 spiro atoms. The molecule has 1 N–H and O–H groups in total. The van der Waals surface area contributed by atoms with E-state index in [1.54, 1.807) is 7.11 Å². The fraction of sp³-hybridized carbons (Fsp3) is 1.00. The second-order valence-corrected chi connectivity index (χ2v) is 6.39. The first kappa shape index (κ1) is 13.3. The number of nitrogens with one attached hydrogen (secondary N) is 1. The summed E-state index contributed by atoms with van der Waals surface area (Å²) in [5.41, 5.74) is 0.273. The van der Waals surface area contributed by atoms with Crippen LogP contribution in [-0.4, -0.2) is 37.5 Å². The van der Waals surface area contributed by atoms with Gasteiger partial charge in [0.15, 0.2) is 0 Å². The average molecular weight is 241 g/mol. The maximum atomic E-state index is 6.06. The molecule has 1 saturated carbocycles. The highest BCUT2D eigenvalue weighted by atomic mass is 16.5. The third-order valence-electron chi connectivity index (χ3n) is 4.11. The van der Waals surface area contributed by atoms with Gasteiger partial charge in [0, 0.05) is 25.3 Å². The minimum Gasteiger partial charge on any atom is -0.383 e. The Kier molecular flexibility index (Phi) is 4.11. The first-order valence-electron chi connectivity index (χ1n) is 6.96. The van der Waals surface area contributed by atoms with Gasteiger partial charge in [0.05, 0.1) is 12.2 Å². The summed E-state index contributed by atoms with van der Waals surface area (Å²) in [6.07, 6.45) is 7.52. The lowest BCUT2D eigenvalue weighted by Crippen LogP contribution is -2.54. The van der Waals surface area contributed by atoms with Crippen molar-refractivity contribution in [2.45, 2.75) is 69.6 Å². The third-order valence-corrected chi connectivity index (χ3v) is 4.11. The highest BCUT2D eigenvalue weighted by Crippen LogP contribution is 2.40. The van der Waals surface area contributed by atoms with Crippen molar-refractivity contribution >= 4 is 0 Å². The quantitative estimate of drug-likeness (QED) is 0.820. The SMILES string of the molecule is COCC(C)(C)NC1CCOC2(CCCC2)C1. The van der Waals surface area contributed by atoms with Gasteiger partial charge in [-0.05, 0) is 39.5 Å². The molecule has 0 aromatic rings. The molecule has 0 bridgehead atoms. The van der Waals surface area contributed by atoms with E-state index >= 15 is 0 Å². The maximum absolute atomic E-state index is 6.06. The van der Waals surface area contributed by atoms with Gasteiger partial charge in [0.2, 0.25) is 0 Å². The molecule has 2 rings (SSSR count). The Labute approximate surface area is 105 Å². The van der Waals surface area contributed by atoms with Crippen molar-refractivity contribution in [3.63, 3.8) is 0 Å². The Morgan fingerprint density at radius 1 is 1.35 bits per heavy atom. The van der Waals surface area contributed by atoms with Crippen molar-refractivity contribution in [1.82, 2.24) is 5.32 Å². The first-order chi connectivity index (χ1) is 8.05. The molecule has 0 radical (unpaired) electrons. The molecule has 2 fully saturated rings. The molecule has 1 saturated heterocycles. The van der Waals surface area contributed by atoms with E-state index in [9.17, 15) is 0 Å². The standard InChI is InChI=1S/C14H27NO2/c1-13(2,11-16-3)15-12-6-9-17-14(10-12)7-4-5-8-14/h12,15H,4-11H2,1-3H3. The lowest BCUT2D eigenvalue weighted by molar-refractivity contribution is -0.0875. The van der Waals surface area contributed by atoms with Crippen LogP contribution in [0, 0.1) is 0 Å². The zero-order valence-electron chi connectivity index (χ0n) is 11.6. The van der Waals surface area contributed by atoms with Crippen molar-refractivity contribution in [1.29, 1.82) is 0 Å². The summed E-state index contributed by atoms with van der Waals surface area (Å²) in [6, 6.07) is 0.590. The molecule has 2 aliphatic rings. The van der Waals surface area contributed by atoms with Gasteiger partial charge < -0.3 is 14.8 Å². The lowest BCUT2D eigenvalue weighted by Gasteiger charge is -2.41. The van der Waals surface area contributed by atoms with Gasteiger partial charge in [0.1, 0.15) is 0 Å². The van der Waals surface area contributed by atoms with Crippen molar-refractivity contribution in [3.8, 4) is 0 Å². The summed E-state index contributed by atoms with van der Waals surface area (Å²) in [5, 5.41) is 3.74. The van der Waals surface area contributed by atoms with E-state index in [0.717, 1.165) is 19.6 Å². The zero-order valence-corrected chi connectivity index (χ0v) is 11.6. The Morgan fingerprint density at radius 3 is 2.71 bits per heavy atom. The molecular formula is C14H27NO2. The predicted molar refractivity (Wildman–Crippen MR) is 69.3 cm³/mol. The normalized spacial score (nSPS) is 28.8. The van der Waals surface area contributed by atoms with Crippen LogP contribution >= 0.6 is 0 Å². The van der Waals surface area contributed by atoms with Gasteiger partial charge >= 0.3 is 0 Å². The highest BCUT2D eigenvalue weighted by molar-refractivity contribution is 4.95. The maximum Gasteiger partial charge on any atom is 0.0697 e. The second kappa shape index (κ2) is 5.25. The van der Waals surface area contributed by atoms with E-state index in [1.165, 1.54) is 32.1 Å². The number of methoxy groups -OCH3 is 1. The smallest absolute Gasteiger partial charge is 0.0697 e. The van der Waals surface area contributed by atoms with Crippen molar-refractivity contribution < 1.29 is 9.47 Å². The van der Waals surface area contributed by atoms with Gasteiger partial charge in [-0.2, -0.15) is 0 Å². The fourth-order valence-corrected chi connectivity index (χ4v) is 3.47. The molecule has 3 nitrogen and oxygen atoms in total. The summed E-state index contributed by atoms with van der Waals surface area (Å²) >= 11 is 0. The van der Waals surface area contributed by atoms with Gasteiger partial charge in [-0.15, -0.1) is 0 Å². The molecule has 17 heavy (non-hydrogen) atoms. The number of hydrogen-bond donors (Lipinski definition) is 1. The Bertz CT molecular complexity index is 247. The lowest BCUT2D eigenvalue weighted by atomic mass is 9.87. The fourth-order valence-electron chi connectivity index (χ4n) is 3.47. The van der Waals surface area contributed by atoms with E-state index in [-0.39, 0.29) is 11.1 Å². The van der Waals surface area contributed by atoms with Gasteiger partial charge in [-0.25, -0.2) is 0 Å². The molecule has 0 amide bonds. The molecule has 1 unspecified atom stereocenters. The zero-order chi connectivity index (χ0) is 12.4. The van der Waals surface area contributed by atoms with Crippen LogP contribution < -0.4 is 5.32 Å². The summed E-state index contributed by atoms with van der Waals surface area (Å²) in [5.74, 6) is 0. The molecule has 1 aliphatic heterocycles. The summed E-state index contributed by atoms with van der Waals surface area (Å²) in [6.45, 7) is 6.11. The van der Waals surface area contributed by atoms with Crippen LogP contribution in [0.5, 0.6) is 0 Å². The number of hydrogen-bond acceptors (Lipinski definition) is 3. The van der Waals surface area contributed by atoms with Crippen LogP contribution in [0.3, 0.4) is 0 Å². The Balaban J connectivity index is 1.89. The highest BCUT2D eigenvalue weighted by Gasteiger charge is 2.40. The van der Waals surface area contributed by atoms with E-state index in [1.807, 2.05) is 0 Å². The van der Waals surface area contributed by atoms with Gasteiger partial charge in [-0.1, -0.05) is 12.8 Å². The number of ether oxygens (including phenoxy) is 2. The van der Waals surface area contributed by atoms with Crippen molar-refractivity contribution in [2.75, 3.05) is 20.3 Å². The first-order valence-corrected chi connectivity index (χ1v) is 6.96. The topological polar surface area (TPSA) is 30.5 Å². The monoisotopic (exact) mass is 241 g/mol. The van der Waals surface area contributed by atoms with Gasteiger partial charge in [-0.3, -0.25) is 0 Å². The van der Waals surface area contributed by atoms with Gasteiger partial charge in [0.25, 0.3) is 0 Å². The van der Waals surface area contributed by atoms with Crippen LogP contribution in [0.4, 0.5) is 0 Å². The molecule has 1 atom stereocenters. The van der Waals surface area contributed by atoms with Crippen LogP contribution in [0.15, 0.2) is 0 Å². The molecule has 0 aromatic carbocycles. The predicted octanol–water partition coefficient (Wildman–Crippen LogP) is 2.49. The minimum atomic E-state index is 0.0660. The van der Waals surface area contributed by atoms with E-state index in [2.05, 4.69) is 19.2 Å². The average Bonchev–Trinajstić information content (AvgIpc) is 2.65. The largest absolute Gasteiger partial charge is 0.383 e. The number of rotatable bonds is 4. The van der Waals surface area contributed by atoms with Crippen LogP contribution in [0.2, 0.25) is 0 Å². The van der Waals surface area contributed by atoms with Crippen LogP contribution in [-0.2, 0) is 9.47 Å². The molecule has 100 valence electrons. The minimum absolute atomic E-state index is 0.0660. The van der Waals surface area contributed by atoms with Crippen LogP contribution in [0.25, 0.3) is 0 Å². The molecular weight excluding hydrogens is 214 g/mol. The van der Waals surface area contributed by atoms with E-state index in [0.29, 0.717) is 6.04 Å². The second-order valence-electron chi connectivity index (χ2n) is 6.39. The summed E-state index contributed by atoms with van der Waals surface area (Å²) in [7, 11) is 1.77. The molecule has 3 heteroatoms. The molecule has 1 heterocycles. The van der Waals surface area contributed by atoms with Crippen LogP contribution in [0.1, 0.15) is 52.4 Å². The Hall–Kier alpha value is -0.120. The molecule has 0 aromatic heterocycles. The Morgan fingerprint density at radius 2 is 2.06 bits per heavy atom. The van der Waals surface area contributed by atoms with Crippen molar-refractivity contribution in [3.05, 3.63) is 0 Å². The third kappa shape index (κ3) is 3.43. The van der Waals surface area contributed by atoms with E-state index < -0.39 is 0 Å². The summed E-state index contributed by atoms with van der Waals surface area (Å²) in [4.78, 5) is 0.